The monoisotopic (exact) mass is 264 g/mol. The SMILES string of the molecule is COC(=O)[C@@H]1N[C@H](C)[C@H]([N+](=O)[O-])[C@H]1c1ccccc1. The Morgan fingerprint density at radius 3 is 2.53 bits per heavy atom. The zero-order valence-electron chi connectivity index (χ0n) is 10.8. The van der Waals surface area contributed by atoms with Crippen molar-refractivity contribution in [3.63, 3.8) is 0 Å². The molecule has 0 unspecified atom stereocenters. The van der Waals surface area contributed by atoms with Gasteiger partial charge in [0.15, 0.2) is 0 Å². The first-order valence-corrected chi connectivity index (χ1v) is 6.08. The second kappa shape index (κ2) is 5.36. The maximum Gasteiger partial charge on any atom is 0.323 e. The van der Waals surface area contributed by atoms with Gasteiger partial charge in [-0.15, -0.1) is 0 Å². The Kier molecular flexibility index (Phi) is 3.80. The Bertz CT molecular complexity index is 477. The summed E-state index contributed by atoms with van der Waals surface area (Å²) < 4.78 is 4.74. The minimum atomic E-state index is -0.841. The van der Waals surface area contributed by atoms with Crippen molar-refractivity contribution in [2.45, 2.75) is 31.0 Å². The van der Waals surface area contributed by atoms with E-state index in [4.69, 9.17) is 4.74 Å². The van der Waals surface area contributed by atoms with Crippen LogP contribution in [0.2, 0.25) is 0 Å². The van der Waals surface area contributed by atoms with Crippen molar-refractivity contribution in [1.82, 2.24) is 5.32 Å². The number of carbonyl (C=O) groups is 1. The molecule has 0 saturated carbocycles. The van der Waals surface area contributed by atoms with E-state index in [1.54, 1.807) is 19.1 Å². The number of nitrogens with one attached hydrogen (secondary N) is 1. The van der Waals surface area contributed by atoms with Gasteiger partial charge in [0, 0.05) is 4.92 Å². The van der Waals surface area contributed by atoms with Gasteiger partial charge in [-0.1, -0.05) is 30.3 Å². The van der Waals surface area contributed by atoms with Crippen LogP contribution in [-0.2, 0) is 9.53 Å². The van der Waals surface area contributed by atoms with E-state index in [0.717, 1.165) is 5.56 Å². The molecule has 1 aromatic rings. The van der Waals surface area contributed by atoms with E-state index >= 15 is 0 Å². The summed E-state index contributed by atoms with van der Waals surface area (Å²) in [5.74, 6) is -0.983. The Morgan fingerprint density at radius 2 is 2.00 bits per heavy atom. The fourth-order valence-electron chi connectivity index (χ4n) is 2.71. The van der Waals surface area contributed by atoms with Crippen molar-refractivity contribution in [3.8, 4) is 0 Å². The summed E-state index contributed by atoms with van der Waals surface area (Å²) in [6.45, 7) is 1.71. The largest absolute Gasteiger partial charge is 0.468 e. The van der Waals surface area contributed by atoms with Crippen LogP contribution in [0.3, 0.4) is 0 Å². The first-order valence-electron chi connectivity index (χ1n) is 6.08. The van der Waals surface area contributed by atoms with Gasteiger partial charge in [0.1, 0.15) is 6.04 Å². The molecule has 0 amide bonds. The Morgan fingerprint density at radius 1 is 1.37 bits per heavy atom. The van der Waals surface area contributed by atoms with Gasteiger partial charge in [-0.3, -0.25) is 20.2 Å². The first kappa shape index (κ1) is 13.5. The van der Waals surface area contributed by atoms with Crippen molar-refractivity contribution in [3.05, 3.63) is 46.0 Å². The highest BCUT2D eigenvalue weighted by Gasteiger charge is 2.52. The number of esters is 1. The zero-order chi connectivity index (χ0) is 14.0. The number of ether oxygens (including phenoxy) is 1. The van der Waals surface area contributed by atoms with E-state index in [-0.39, 0.29) is 11.0 Å². The second-order valence-corrected chi connectivity index (χ2v) is 4.67. The molecule has 6 heteroatoms. The summed E-state index contributed by atoms with van der Waals surface area (Å²) in [7, 11) is 1.29. The van der Waals surface area contributed by atoms with E-state index in [1.807, 2.05) is 18.2 Å². The standard InChI is InChI=1S/C13H16N2O4/c1-8-12(15(17)18)10(9-6-4-3-5-7-9)11(14-8)13(16)19-2/h3-8,10-12,14H,1-2H3/t8-,10+,11-,12+/m1/s1. The smallest absolute Gasteiger partial charge is 0.323 e. The van der Waals surface area contributed by atoms with Gasteiger partial charge in [0.2, 0.25) is 6.04 Å². The first-order chi connectivity index (χ1) is 9.06. The van der Waals surface area contributed by atoms with Gasteiger partial charge >= 0.3 is 5.97 Å². The molecule has 1 aliphatic rings. The maximum atomic E-state index is 11.8. The third kappa shape index (κ3) is 2.44. The van der Waals surface area contributed by atoms with Gasteiger partial charge in [-0.2, -0.15) is 0 Å². The molecule has 2 rings (SSSR count). The number of nitro groups is 1. The molecule has 4 atom stereocenters. The van der Waals surface area contributed by atoms with Gasteiger partial charge in [0.25, 0.3) is 0 Å². The molecule has 1 fully saturated rings. The number of benzene rings is 1. The molecule has 0 aromatic heterocycles. The molecule has 0 radical (unpaired) electrons. The van der Waals surface area contributed by atoms with Crippen LogP contribution in [0.5, 0.6) is 0 Å². The molecule has 1 heterocycles. The summed E-state index contributed by atoms with van der Waals surface area (Å²) in [4.78, 5) is 22.7. The number of rotatable bonds is 3. The average Bonchev–Trinajstić information content (AvgIpc) is 2.76. The molecule has 0 spiro atoms. The lowest BCUT2D eigenvalue weighted by Crippen LogP contribution is -2.37. The third-order valence-corrected chi connectivity index (χ3v) is 3.56. The highest BCUT2D eigenvalue weighted by atomic mass is 16.6. The molecular formula is C13H16N2O4. The molecule has 1 aliphatic heterocycles. The molecule has 19 heavy (non-hydrogen) atoms. The van der Waals surface area contributed by atoms with Crippen LogP contribution in [0.15, 0.2) is 30.3 Å². The van der Waals surface area contributed by atoms with Crippen molar-refractivity contribution >= 4 is 5.97 Å². The number of hydrogen-bond donors (Lipinski definition) is 1. The van der Waals surface area contributed by atoms with Gasteiger partial charge in [-0.05, 0) is 12.5 Å². The second-order valence-electron chi connectivity index (χ2n) is 4.67. The van der Waals surface area contributed by atoms with Gasteiger partial charge < -0.3 is 4.74 Å². The minimum absolute atomic E-state index is 0.321. The van der Waals surface area contributed by atoms with Crippen LogP contribution in [0.1, 0.15) is 18.4 Å². The molecule has 102 valence electrons. The lowest BCUT2D eigenvalue weighted by molar-refractivity contribution is -0.525. The number of nitrogens with zero attached hydrogens (tertiary/aromatic N) is 1. The number of carbonyl (C=O) groups excluding carboxylic acids is 1. The van der Waals surface area contributed by atoms with Crippen molar-refractivity contribution < 1.29 is 14.5 Å². The van der Waals surface area contributed by atoms with E-state index in [1.165, 1.54) is 7.11 Å². The maximum absolute atomic E-state index is 11.8. The predicted octanol–water partition coefficient (Wildman–Crippen LogP) is 0.949. The van der Waals surface area contributed by atoms with Crippen LogP contribution in [0.25, 0.3) is 0 Å². The molecule has 0 bridgehead atoms. The fraction of sp³-hybridized carbons (Fsp3) is 0.462. The Balaban J connectivity index is 2.41. The highest BCUT2D eigenvalue weighted by molar-refractivity contribution is 5.78. The molecule has 1 saturated heterocycles. The van der Waals surface area contributed by atoms with E-state index in [9.17, 15) is 14.9 Å². The normalized spacial score (nSPS) is 30.0. The highest BCUT2D eigenvalue weighted by Crippen LogP contribution is 2.33. The minimum Gasteiger partial charge on any atom is -0.468 e. The van der Waals surface area contributed by atoms with Crippen molar-refractivity contribution in [2.24, 2.45) is 0 Å². The van der Waals surface area contributed by atoms with Crippen LogP contribution in [0, 0.1) is 10.1 Å². The lowest BCUT2D eigenvalue weighted by Gasteiger charge is -2.18. The van der Waals surface area contributed by atoms with E-state index in [0.29, 0.717) is 0 Å². The topological polar surface area (TPSA) is 81.5 Å². The molecular weight excluding hydrogens is 248 g/mol. The fourth-order valence-corrected chi connectivity index (χ4v) is 2.71. The molecule has 1 aromatic carbocycles. The van der Waals surface area contributed by atoms with Crippen LogP contribution in [0.4, 0.5) is 0 Å². The van der Waals surface area contributed by atoms with Crippen molar-refractivity contribution in [1.29, 1.82) is 0 Å². The molecule has 0 aliphatic carbocycles. The van der Waals surface area contributed by atoms with Crippen LogP contribution >= 0.6 is 0 Å². The lowest BCUT2D eigenvalue weighted by atomic mass is 9.87. The average molecular weight is 264 g/mol. The van der Waals surface area contributed by atoms with Gasteiger partial charge in [0.05, 0.1) is 19.1 Å². The summed E-state index contributed by atoms with van der Waals surface area (Å²) in [6.07, 6.45) is 0. The predicted molar refractivity (Wildman–Crippen MR) is 68.4 cm³/mol. The summed E-state index contributed by atoms with van der Waals surface area (Å²) >= 11 is 0. The van der Waals surface area contributed by atoms with E-state index in [2.05, 4.69) is 5.32 Å². The van der Waals surface area contributed by atoms with Gasteiger partial charge in [-0.25, -0.2) is 0 Å². The zero-order valence-corrected chi connectivity index (χ0v) is 10.8. The summed E-state index contributed by atoms with van der Waals surface area (Å²) in [5.41, 5.74) is 0.774. The molecule has 1 N–H and O–H groups in total. The Labute approximate surface area is 110 Å². The molecule has 6 nitrogen and oxygen atoms in total. The quantitative estimate of drug-likeness (QED) is 0.499. The van der Waals surface area contributed by atoms with Crippen LogP contribution in [-0.4, -0.2) is 36.1 Å². The number of hydrogen-bond acceptors (Lipinski definition) is 5. The number of methoxy groups -OCH3 is 1. The van der Waals surface area contributed by atoms with Crippen molar-refractivity contribution in [2.75, 3.05) is 7.11 Å². The van der Waals surface area contributed by atoms with E-state index < -0.39 is 24.0 Å². The Hall–Kier alpha value is -1.95. The summed E-state index contributed by atoms with van der Waals surface area (Å²) in [6, 6.07) is 7.15. The third-order valence-electron chi connectivity index (χ3n) is 3.56. The summed E-state index contributed by atoms with van der Waals surface area (Å²) in [5, 5.41) is 14.2. The van der Waals surface area contributed by atoms with Crippen LogP contribution < -0.4 is 5.32 Å².